The highest BCUT2D eigenvalue weighted by molar-refractivity contribution is 6.24. The van der Waals surface area contributed by atoms with Crippen molar-refractivity contribution in [3.8, 4) is 16.9 Å². The molecule has 0 fully saturated rings. The molecule has 0 aliphatic heterocycles. The van der Waals surface area contributed by atoms with Gasteiger partial charge >= 0.3 is 0 Å². The van der Waals surface area contributed by atoms with Crippen LogP contribution in [0.2, 0.25) is 0 Å². The van der Waals surface area contributed by atoms with Gasteiger partial charge in [-0.25, -0.2) is 0 Å². The van der Waals surface area contributed by atoms with Crippen LogP contribution < -0.4 is 5.11 Å². The van der Waals surface area contributed by atoms with Gasteiger partial charge in [0, 0.05) is 22.8 Å². The molecule has 0 heterocycles. The molecule has 4 rings (SSSR count). The first-order chi connectivity index (χ1) is 12.6. The molecule has 6 heteroatoms. The van der Waals surface area contributed by atoms with E-state index in [0.29, 0.717) is 5.56 Å². The van der Waals surface area contributed by atoms with Crippen molar-refractivity contribution in [2.45, 2.75) is 0 Å². The molecule has 126 valence electrons. The van der Waals surface area contributed by atoms with E-state index in [1.54, 1.807) is 0 Å². The molecular weight excluding hydrogens is 330 g/mol. The van der Waals surface area contributed by atoms with Crippen molar-refractivity contribution in [2.24, 2.45) is 10.2 Å². The van der Waals surface area contributed by atoms with Crippen LogP contribution in [0.5, 0.6) is 5.75 Å². The molecular formula is C20H12N3O3-. The fraction of sp³-hybridized carbons (Fsp3) is 0. The molecule has 26 heavy (non-hydrogen) atoms. The Kier molecular flexibility index (Phi) is 3.78. The lowest BCUT2D eigenvalue weighted by atomic mass is 10.1. The average molecular weight is 342 g/mol. The molecule has 0 spiro atoms. The molecule has 1 aliphatic rings. The minimum absolute atomic E-state index is 0.445. The van der Waals surface area contributed by atoms with E-state index in [9.17, 15) is 15.2 Å². The molecule has 1 aliphatic carbocycles. The Morgan fingerprint density at radius 2 is 1.42 bits per heavy atom. The van der Waals surface area contributed by atoms with E-state index in [1.165, 1.54) is 18.3 Å². The third-order valence-corrected chi connectivity index (χ3v) is 4.20. The molecule has 6 nitrogen and oxygen atoms in total. The standard InChI is InChI=1S/C20H13N3O3/c24-19-10-9-13(11-18(19)23(25)26)12-21-22-20-16-7-3-1-5-14(16)15-6-2-4-8-17(15)20/h1-12,24H/p-1/b21-12-. The molecule has 0 aromatic heterocycles. The predicted octanol–water partition coefficient (Wildman–Crippen LogP) is 3.52. The van der Waals surface area contributed by atoms with Gasteiger partial charge < -0.3 is 5.11 Å². The van der Waals surface area contributed by atoms with Crippen molar-refractivity contribution in [3.05, 3.63) is 93.5 Å². The summed E-state index contributed by atoms with van der Waals surface area (Å²) in [5.74, 6) is -0.628. The van der Waals surface area contributed by atoms with Crippen molar-refractivity contribution in [3.63, 3.8) is 0 Å². The maximum absolute atomic E-state index is 11.5. The Bertz CT molecular complexity index is 1040. The summed E-state index contributed by atoms with van der Waals surface area (Å²) >= 11 is 0. The zero-order chi connectivity index (χ0) is 18.1. The topological polar surface area (TPSA) is 90.9 Å². The van der Waals surface area contributed by atoms with Crippen molar-refractivity contribution in [1.29, 1.82) is 0 Å². The third kappa shape index (κ3) is 2.63. The fourth-order valence-corrected chi connectivity index (χ4v) is 3.01. The van der Waals surface area contributed by atoms with E-state index in [2.05, 4.69) is 10.2 Å². The van der Waals surface area contributed by atoms with E-state index in [1.807, 2.05) is 48.5 Å². The lowest BCUT2D eigenvalue weighted by Gasteiger charge is -2.05. The van der Waals surface area contributed by atoms with E-state index in [0.717, 1.165) is 34.0 Å². The molecule has 0 saturated carbocycles. The summed E-state index contributed by atoms with van der Waals surface area (Å²) in [6.45, 7) is 0. The highest BCUT2D eigenvalue weighted by Crippen LogP contribution is 2.36. The van der Waals surface area contributed by atoms with Crippen LogP contribution >= 0.6 is 0 Å². The minimum Gasteiger partial charge on any atom is -0.868 e. The molecule has 3 aromatic rings. The fourth-order valence-electron chi connectivity index (χ4n) is 3.01. The Morgan fingerprint density at radius 1 is 0.846 bits per heavy atom. The summed E-state index contributed by atoms with van der Waals surface area (Å²) in [7, 11) is 0. The lowest BCUT2D eigenvalue weighted by Crippen LogP contribution is -1.99. The quantitative estimate of drug-likeness (QED) is 0.324. The van der Waals surface area contributed by atoms with Crippen LogP contribution in [0.15, 0.2) is 76.9 Å². The van der Waals surface area contributed by atoms with Gasteiger partial charge in [0.25, 0.3) is 5.69 Å². The molecule has 0 bridgehead atoms. The van der Waals surface area contributed by atoms with E-state index >= 15 is 0 Å². The van der Waals surface area contributed by atoms with Crippen LogP contribution in [-0.4, -0.2) is 16.8 Å². The summed E-state index contributed by atoms with van der Waals surface area (Å²) < 4.78 is 0. The monoisotopic (exact) mass is 342 g/mol. The van der Waals surface area contributed by atoms with Gasteiger partial charge in [0.05, 0.1) is 11.1 Å². The molecule has 0 N–H and O–H groups in total. The van der Waals surface area contributed by atoms with Crippen molar-refractivity contribution < 1.29 is 10.0 Å². The van der Waals surface area contributed by atoms with Gasteiger partial charge in [0.2, 0.25) is 0 Å². The summed E-state index contributed by atoms with van der Waals surface area (Å²) in [6.07, 6.45) is 1.41. The minimum atomic E-state index is -0.699. The summed E-state index contributed by atoms with van der Waals surface area (Å²) in [6, 6.07) is 19.7. The van der Waals surface area contributed by atoms with Crippen molar-refractivity contribution in [2.75, 3.05) is 0 Å². The Morgan fingerprint density at radius 3 is 2.00 bits per heavy atom. The van der Waals surface area contributed by atoms with Gasteiger partial charge in [-0.1, -0.05) is 60.7 Å². The zero-order valence-corrected chi connectivity index (χ0v) is 13.5. The number of nitrogens with zero attached hydrogens (tertiary/aromatic N) is 3. The predicted molar refractivity (Wildman–Crippen MR) is 97.7 cm³/mol. The Balaban J connectivity index is 1.73. The Hall–Kier alpha value is -3.80. The first-order valence-corrected chi connectivity index (χ1v) is 7.91. The summed E-state index contributed by atoms with van der Waals surface area (Å²) in [5.41, 5.74) is 4.91. The third-order valence-electron chi connectivity index (χ3n) is 4.20. The normalized spacial score (nSPS) is 12.1. The SMILES string of the molecule is O=[N+]([O-])c1cc(/C=N\N=C2c3ccccc3-c3ccccc32)ccc1[O-]. The van der Waals surface area contributed by atoms with Gasteiger partial charge in [-0.05, 0) is 16.9 Å². The molecule has 0 amide bonds. The molecule has 0 unspecified atom stereocenters. The average Bonchev–Trinajstić information content (AvgIpc) is 2.97. The van der Waals surface area contributed by atoms with Gasteiger partial charge in [-0.15, -0.1) is 5.10 Å². The molecule has 0 saturated heterocycles. The van der Waals surface area contributed by atoms with Crippen LogP contribution in [0, 0.1) is 10.1 Å². The first kappa shape index (κ1) is 15.7. The Labute approximate surface area is 148 Å². The summed E-state index contributed by atoms with van der Waals surface area (Å²) in [5, 5.41) is 30.7. The maximum atomic E-state index is 11.5. The van der Waals surface area contributed by atoms with Crippen LogP contribution in [0.4, 0.5) is 5.69 Å². The zero-order valence-electron chi connectivity index (χ0n) is 13.5. The number of nitro benzene ring substituents is 1. The second-order valence-electron chi connectivity index (χ2n) is 5.77. The van der Waals surface area contributed by atoms with Crippen molar-refractivity contribution in [1.82, 2.24) is 0 Å². The summed E-state index contributed by atoms with van der Waals surface area (Å²) in [4.78, 5) is 10.2. The van der Waals surface area contributed by atoms with Gasteiger partial charge in [0.1, 0.15) is 5.71 Å². The number of benzene rings is 3. The highest BCUT2D eigenvalue weighted by Gasteiger charge is 2.23. The van der Waals surface area contributed by atoms with Crippen molar-refractivity contribution >= 4 is 17.6 Å². The number of hydrogen-bond acceptors (Lipinski definition) is 5. The number of rotatable bonds is 3. The maximum Gasteiger partial charge on any atom is 0.262 e. The number of nitro groups is 1. The second kappa shape index (κ2) is 6.25. The van der Waals surface area contributed by atoms with Gasteiger partial charge in [-0.3, -0.25) is 10.1 Å². The van der Waals surface area contributed by atoms with E-state index in [-0.39, 0.29) is 0 Å². The highest BCUT2D eigenvalue weighted by atomic mass is 16.6. The second-order valence-corrected chi connectivity index (χ2v) is 5.77. The van der Waals surface area contributed by atoms with Crippen LogP contribution in [-0.2, 0) is 0 Å². The molecule has 0 radical (unpaired) electrons. The van der Waals surface area contributed by atoms with Crippen LogP contribution in [0.25, 0.3) is 11.1 Å². The lowest BCUT2D eigenvalue weighted by molar-refractivity contribution is -0.398. The van der Waals surface area contributed by atoms with E-state index in [4.69, 9.17) is 0 Å². The van der Waals surface area contributed by atoms with Crippen LogP contribution in [0.3, 0.4) is 0 Å². The first-order valence-electron chi connectivity index (χ1n) is 7.91. The number of hydrogen-bond donors (Lipinski definition) is 0. The largest absolute Gasteiger partial charge is 0.868 e. The molecule has 0 atom stereocenters. The van der Waals surface area contributed by atoms with E-state index < -0.39 is 16.4 Å². The molecule has 3 aromatic carbocycles. The van der Waals surface area contributed by atoms with Gasteiger partial charge in [-0.2, -0.15) is 5.10 Å². The number of fused-ring (bicyclic) bond motifs is 3. The van der Waals surface area contributed by atoms with Gasteiger partial charge in [0.15, 0.2) is 0 Å². The smallest absolute Gasteiger partial charge is 0.262 e. The van der Waals surface area contributed by atoms with Crippen LogP contribution in [0.1, 0.15) is 16.7 Å².